The fraction of sp³-hybridized carbons (Fsp3) is 0.300. The van der Waals surface area contributed by atoms with Crippen molar-refractivity contribution in [1.29, 1.82) is 0 Å². The van der Waals surface area contributed by atoms with Crippen molar-refractivity contribution < 1.29 is 18.3 Å². The molecule has 1 aromatic carbocycles. The second kappa shape index (κ2) is 4.66. The van der Waals surface area contributed by atoms with Crippen molar-refractivity contribution in [3.63, 3.8) is 0 Å². The fourth-order valence-corrected chi connectivity index (χ4v) is 1.10. The molecular weight excluding hydrogens is 204 g/mol. The molecule has 80 valence electrons. The Morgan fingerprint density at radius 2 is 2.00 bits per heavy atom. The molecule has 3 nitrogen and oxygen atoms in total. The molecule has 0 spiro atoms. The summed E-state index contributed by atoms with van der Waals surface area (Å²) in [5.74, 6) is 0.584. The molecule has 5 heteroatoms. The highest BCUT2D eigenvalue weighted by Gasteiger charge is 2.28. The maximum Gasteiger partial charge on any atom is 0.355 e. The van der Waals surface area contributed by atoms with Gasteiger partial charge in [-0.15, -0.1) is 4.99 Å². The number of carbonyl (C=O) groups excluding carboxylic acids is 1. The first-order chi connectivity index (χ1) is 7.07. The lowest BCUT2D eigenvalue weighted by Gasteiger charge is -2.09. The molecular formula is C10H9F2NO2. The zero-order valence-corrected chi connectivity index (χ0v) is 8.04. The molecule has 0 bridgehead atoms. The number of methoxy groups -OCH3 is 1. The van der Waals surface area contributed by atoms with E-state index in [0.29, 0.717) is 11.3 Å². The Hall–Kier alpha value is -1.74. The van der Waals surface area contributed by atoms with Crippen LogP contribution in [0.1, 0.15) is 5.56 Å². The van der Waals surface area contributed by atoms with Crippen LogP contribution in [0.3, 0.4) is 0 Å². The molecule has 0 aliphatic carbocycles. The van der Waals surface area contributed by atoms with E-state index in [0.717, 1.165) is 6.08 Å². The van der Waals surface area contributed by atoms with E-state index < -0.39 is 12.5 Å². The minimum atomic E-state index is -3.39. The van der Waals surface area contributed by atoms with E-state index in [4.69, 9.17) is 4.74 Å². The second-order valence-electron chi connectivity index (χ2n) is 2.89. The number of aliphatic imine (C=N–C) groups is 1. The van der Waals surface area contributed by atoms with E-state index >= 15 is 0 Å². The number of isocyanates is 1. The van der Waals surface area contributed by atoms with Crippen LogP contribution in [0.25, 0.3) is 0 Å². The number of alkyl halides is 2. The molecule has 1 aromatic rings. The minimum Gasteiger partial charge on any atom is -0.497 e. The van der Waals surface area contributed by atoms with Crippen molar-refractivity contribution in [2.75, 3.05) is 7.11 Å². The van der Waals surface area contributed by atoms with Crippen LogP contribution in [0, 0.1) is 0 Å². The summed E-state index contributed by atoms with van der Waals surface area (Å²) >= 11 is 0. The Labute approximate surface area is 85.4 Å². The van der Waals surface area contributed by atoms with Crippen LogP contribution in [0.15, 0.2) is 29.3 Å². The van der Waals surface area contributed by atoms with Gasteiger partial charge in [0, 0.05) is 0 Å². The van der Waals surface area contributed by atoms with Gasteiger partial charge in [-0.1, -0.05) is 12.1 Å². The minimum absolute atomic E-state index is 0.375. The number of rotatable bonds is 4. The summed E-state index contributed by atoms with van der Waals surface area (Å²) in [6.45, 7) is 0. The topological polar surface area (TPSA) is 38.7 Å². The largest absolute Gasteiger partial charge is 0.497 e. The maximum absolute atomic E-state index is 12.8. The lowest BCUT2D eigenvalue weighted by Crippen LogP contribution is -2.15. The highest BCUT2D eigenvalue weighted by atomic mass is 19.3. The lowest BCUT2D eigenvalue weighted by molar-refractivity contribution is 0.0117. The van der Waals surface area contributed by atoms with Gasteiger partial charge >= 0.3 is 6.05 Å². The summed E-state index contributed by atoms with van der Waals surface area (Å²) in [6.07, 6.45) is 0.232. The highest BCUT2D eigenvalue weighted by Crippen LogP contribution is 2.22. The average Bonchev–Trinajstić information content (AvgIpc) is 2.18. The van der Waals surface area contributed by atoms with Gasteiger partial charge in [0.2, 0.25) is 6.08 Å². The van der Waals surface area contributed by atoms with Crippen molar-refractivity contribution in [2.45, 2.75) is 12.5 Å². The van der Waals surface area contributed by atoms with Crippen molar-refractivity contribution >= 4 is 6.08 Å². The van der Waals surface area contributed by atoms with Crippen LogP contribution in [-0.4, -0.2) is 19.2 Å². The lowest BCUT2D eigenvalue weighted by atomic mass is 10.1. The van der Waals surface area contributed by atoms with Crippen LogP contribution in [0.5, 0.6) is 5.75 Å². The number of benzene rings is 1. The summed E-state index contributed by atoms with van der Waals surface area (Å²) in [4.78, 5) is 12.1. The first-order valence-electron chi connectivity index (χ1n) is 4.17. The third-order valence-electron chi connectivity index (χ3n) is 1.79. The number of nitrogens with zero attached hydrogens (tertiary/aromatic N) is 1. The van der Waals surface area contributed by atoms with Crippen molar-refractivity contribution in [3.05, 3.63) is 29.8 Å². The fourth-order valence-electron chi connectivity index (χ4n) is 1.10. The van der Waals surface area contributed by atoms with Crippen LogP contribution in [-0.2, 0) is 11.2 Å². The summed E-state index contributed by atoms with van der Waals surface area (Å²) in [5.41, 5.74) is 0.375. The molecule has 0 aliphatic rings. The standard InChI is InChI=1S/C10H9F2NO2/c1-15-9-4-2-8(3-5-9)6-10(11,12)13-7-14/h2-5H,6H2,1H3. The summed E-state index contributed by atoms with van der Waals surface area (Å²) in [5, 5.41) is 0. The molecule has 0 atom stereocenters. The van der Waals surface area contributed by atoms with Crippen LogP contribution >= 0.6 is 0 Å². The van der Waals surface area contributed by atoms with E-state index in [1.165, 1.54) is 19.2 Å². The van der Waals surface area contributed by atoms with Gasteiger partial charge in [0.15, 0.2) is 0 Å². The Balaban J connectivity index is 2.76. The second-order valence-corrected chi connectivity index (χ2v) is 2.89. The van der Waals surface area contributed by atoms with Gasteiger partial charge in [-0.2, -0.15) is 8.78 Å². The molecule has 0 radical (unpaired) electrons. The Morgan fingerprint density at radius 3 is 2.47 bits per heavy atom. The summed E-state index contributed by atoms with van der Waals surface area (Å²) in [6, 6.07) is 2.72. The van der Waals surface area contributed by atoms with Crippen LogP contribution in [0.2, 0.25) is 0 Å². The zero-order valence-electron chi connectivity index (χ0n) is 8.04. The third-order valence-corrected chi connectivity index (χ3v) is 1.79. The summed E-state index contributed by atoms with van der Waals surface area (Å²) < 4.78 is 30.5. The average molecular weight is 213 g/mol. The van der Waals surface area contributed by atoms with Gasteiger partial charge in [0.1, 0.15) is 5.75 Å². The van der Waals surface area contributed by atoms with E-state index in [-0.39, 0.29) is 0 Å². The Bertz CT molecular complexity index is 370. The molecule has 0 saturated heterocycles. The normalized spacial score (nSPS) is 10.6. The monoisotopic (exact) mass is 213 g/mol. The Morgan fingerprint density at radius 1 is 1.40 bits per heavy atom. The van der Waals surface area contributed by atoms with E-state index in [1.807, 2.05) is 0 Å². The Kier molecular flexibility index (Phi) is 3.52. The molecule has 0 aromatic heterocycles. The first-order valence-corrected chi connectivity index (χ1v) is 4.17. The SMILES string of the molecule is COc1ccc(CC(F)(F)N=C=O)cc1. The van der Waals surface area contributed by atoms with E-state index in [9.17, 15) is 13.6 Å². The van der Waals surface area contributed by atoms with Gasteiger partial charge in [-0.05, 0) is 17.7 Å². The molecule has 15 heavy (non-hydrogen) atoms. The quantitative estimate of drug-likeness (QED) is 0.436. The third kappa shape index (κ3) is 3.48. The first kappa shape index (κ1) is 11.3. The van der Waals surface area contributed by atoms with Crippen LogP contribution < -0.4 is 4.74 Å². The maximum atomic E-state index is 12.8. The zero-order chi connectivity index (χ0) is 11.3. The molecule has 1 rings (SSSR count). The molecule has 0 heterocycles. The van der Waals surface area contributed by atoms with Crippen LogP contribution in [0.4, 0.5) is 8.78 Å². The number of ether oxygens (including phenoxy) is 1. The van der Waals surface area contributed by atoms with Crippen molar-refractivity contribution in [3.8, 4) is 5.75 Å². The molecule has 0 aliphatic heterocycles. The molecule has 0 fully saturated rings. The van der Waals surface area contributed by atoms with Gasteiger partial charge in [-0.3, -0.25) is 0 Å². The van der Waals surface area contributed by atoms with E-state index in [2.05, 4.69) is 4.99 Å². The number of hydrogen-bond acceptors (Lipinski definition) is 3. The predicted molar refractivity (Wildman–Crippen MR) is 49.8 cm³/mol. The smallest absolute Gasteiger partial charge is 0.355 e. The van der Waals surface area contributed by atoms with Gasteiger partial charge < -0.3 is 4.74 Å². The highest BCUT2D eigenvalue weighted by molar-refractivity contribution is 5.34. The van der Waals surface area contributed by atoms with E-state index in [1.54, 1.807) is 12.1 Å². The van der Waals surface area contributed by atoms with Crippen molar-refractivity contribution in [2.24, 2.45) is 4.99 Å². The predicted octanol–water partition coefficient (Wildman–Crippen LogP) is 2.17. The number of hydrogen-bond donors (Lipinski definition) is 0. The molecule has 0 amide bonds. The summed E-state index contributed by atoms with van der Waals surface area (Å²) in [7, 11) is 1.49. The molecule has 0 N–H and O–H groups in total. The van der Waals surface area contributed by atoms with Crippen molar-refractivity contribution in [1.82, 2.24) is 0 Å². The van der Waals surface area contributed by atoms with Gasteiger partial charge in [-0.25, -0.2) is 4.79 Å². The molecule has 0 unspecified atom stereocenters. The molecule has 0 saturated carbocycles. The van der Waals surface area contributed by atoms with Gasteiger partial charge in [0.05, 0.1) is 13.5 Å². The number of halogens is 2. The van der Waals surface area contributed by atoms with Gasteiger partial charge in [0.25, 0.3) is 0 Å².